The molecular formula is C21H26ClN3O3S2. The molecule has 3 heterocycles. The third-order valence-corrected chi connectivity index (χ3v) is 8.63. The number of carbonyl (C=O) groups is 1. The summed E-state index contributed by atoms with van der Waals surface area (Å²) >= 11 is 7.89. The number of hydrogen-bond acceptors (Lipinski definition) is 6. The van der Waals surface area contributed by atoms with Gasteiger partial charge in [-0.1, -0.05) is 23.7 Å². The van der Waals surface area contributed by atoms with Crippen LogP contribution in [-0.2, 0) is 21.2 Å². The van der Waals surface area contributed by atoms with Gasteiger partial charge in [-0.15, -0.1) is 11.3 Å². The molecule has 4 rings (SSSR count). The molecule has 1 aromatic heterocycles. The Balaban J connectivity index is 1.24. The minimum absolute atomic E-state index is 0.105. The van der Waals surface area contributed by atoms with Gasteiger partial charge in [0.2, 0.25) is 5.91 Å². The summed E-state index contributed by atoms with van der Waals surface area (Å²) in [4.78, 5) is 21.4. The van der Waals surface area contributed by atoms with Crippen molar-refractivity contribution in [2.75, 3.05) is 57.3 Å². The molecule has 30 heavy (non-hydrogen) atoms. The van der Waals surface area contributed by atoms with Crippen LogP contribution in [-0.4, -0.2) is 86.3 Å². The molecule has 0 radical (unpaired) electrons. The van der Waals surface area contributed by atoms with E-state index in [0.717, 1.165) is 43.3 Å². The van der Waals surface area contributed by atoms with Gasteiger partial charge >= 0.3 is 0 Å². The van der Waals surface area contributed by atoms with E-state index in [1.54, 1.807) is 11.3 Å². The monoisotopic (exact) mass is 467 g/mol. The Morgan fingerprint density at radius 2 is 1.70 bits per heavy atom. The molecule has 0 aliphatic carbocycles. The van der Waals surface area contributed by atoms with Crippen molar-refractivity contribution in [2.24, 2.45) is 0 Å². The maximum absolute atomic E-state index is 12.6. The number of rotatable bonds is 5. The number of hydrogen-bond donors (Lipinski definition) is 0. The Kier molecular flexibility index (Phi) is 6.79. The van der Waals surface area contributed by atoms with Crippen LogP contribution < -0.4 is 0 Å². The van der Waals surface area contributed by atoms with Crippen LogP contribution in [0.2, 0.25) is 5.02 Å². The first-order valence-electron chi connectivity index (χ1n) is 10.2. The molecule has 2 saturated heterocycles. The highest BCUT2D eigenvalue weighted by Crippen LogP contribution is 2.30. The van der Waals surface area contributed by atoms with E-state index in [9.17, 15) is 13.2 Å². The van der Waals surface area contributed by atoms with Gasteiger partial charge in [0.25, 0.3) is 0 Å². The average molecular weight is 468 g/mol. The first-order valence-corrected chi connectivity index (χ1v) is 13.2. The van der Waals surface area contributed by atoms with E-state index in [2.05, 4.69) is 23.1 Å². The van der Waals surface area contributed by atoms with Crippen molar-refractivity contribution in [1.29, 1.82) is 0 Å². The van der Waals surface area contributed by atoms with Gasteiger partial charge in [-0.05, 0) is 29.8 Å². The lowest BCUT2D eigenvalue weighted by molar-refractivity contribution is -0.134. The summed E-state index contributed by atoms with van der Waals surface area (Å²) < 4.78 is 23.1. The number of thiophene rings is 1. The first-order chi connectivity index (χ1) is 14.4. The molecule has 1 amide bonds. The number of sulfone groups is 1. The lowest BCUT2D eigenvalue weighted by Gasteiger charge is -2.36. The van der Waals surface area contributed by atoms with Crippen LogP contribution in [0.3, 0.4) is 0 Å². The van der Waals surface area contributed by atoms with Crippen LogP contribution in [0, 0.1) is 0 Å². The Morgan fingerprint density at radius 3 is 2.40 bits per heavy atom. The van der Waals surface area contributed by atoms with E-state index in [0.29, 0.717) is 19.6 Å². The molecule has 1 aromatic carbocycles. The highest BCUT2D eigenvalue weighted by atomic mass is 35.5. The van der Waals surface area contributed by atoms with Crippen LogP contribution in [0.5, 0.6) is 0 Å². The second kappa shape index (κ2) is 9.36. The summed E-state index contributed by atoms with van der Waals surface area (Å²) in [6, 6.07) is 12.2. The maximum atomic E-state index is 12.6. The molecule has 0 bridgehead atoms. The molecule has 2 aromatic rings. The number of carbonyl (C=O) groups excluding carboxylic acids is 1. The highest BCUT2D eigenvalue weighted by Gasteiger charge is 2.26. The van der Waals surface area contributed by atoms with Crippen LogP contribution in [0.15, 0.2) is 36.4 Å². The molecule has 9 heteroatoms. The fourth-order valence-electron chi connectivity index (χ4n) is 3.84. The molecule has 2 aliphatic rings. The molecule has 162 valence electrons. The van der Waals surface area contributed by atoms with Crippen molar-refractivity contribution < 1.29 is 13.2 Å². The topological polar surface area (TPSA) is 60.9 Å². The Bertz CT molecular complexity index is 986. The van der Waals surface area contributed by atoms with Gasteiger partial charge in [0.1, 0.15) is 0 Å². The van der Waals surface area contributed by atoms with Gasteiger partial charge in [-0.25, -0.2) is 8.42 Å². The van der Waals surface area contributed by atoms with Crippen molar-refractivity contribution in [2.45, 2.75) is 6.54 Å². The normalized spacial score (nSPS) is 20.4. The quantitative estimate of drug-likeness (QED) is 0.676. The lowest BCUT2D eigenvalue weighted by Crippen LogP contribution is -2.52. The smallest absolute Gasteiger partial charge is 0.236 e. The van der Waals surface area contributed by atoms with E-state index in [1.165, 1.54) is 9.75 Å². The van der Waals surface area contributed by atoms with Crippen LogP contribution >= 0.6 is 22.9 Å². The minimum atomic E-state index is -2.91. The molecular weight excluding hydrogens is 442 g/mol. The predicted octanol–water partition coefficient (Wildman–Crippen LogP) is 2.44. The molecule has 0 spiro atoms. The first kappa shape index (κ1) is 21.8. The summed E-state index contributed by atoms with van der Waals surface area (Å²) in [5.74, 6) is 0.422. The number of piperazine rings is 1. The van der Waals surface area contributed by atoms with E-state index in [1.807, 2.05) is 28.0 Å². The summed E-state index contributed by atoms with van der Waals surface area (Å²) in [7, 11) is -2.91. The third kappa shape index (κ3) is 5.62. The van der Waals surface area contributed by atoms with E-state index in [-0.39, 0.29) is 17.4 Å². The summed E-state index contributed by atoms with van der Waals surface area (Å²) in [6.07, 6.45) is 0. The highest BCUT2D eigenvalue weighted by molar-refractivity contribution is 7.91. The molecule has 0 unspecified atom stereocenters. The van der Waals surface area contributed by atoms with Crippen LogP contribution in [0.4, 0.5) is 0 Å². The number of nitrogens with zero attached hydrogens (tertiary/aromatic N) is 3. The summed E-state index contributed by atoms with van der Waals surface area (Å²) in [5, 5.41) is 0.745. The fourth-order valence-corrected chi connectivity index (χ4v) is 6.35. The van der Waals surface area contributed by atoms with Gasteiger partial charge in [-0.3, -0.25) is 14.6 Å². The minimum Gasteiger partial charge on any atom is -0.339 e. The average Bonchev–Trinajstić information content (AvgIpc) is 3.19. The fraction of sp³-hybridized carbons (Fsp3) is 0.476. The predicted molar refractivity (Wildman–Crippen MR) is 122 cm³/mol. The van der Waals surface area contributed by atoms with Crippen LogP contribution in [0.25, 0.3) is 10.4 Å². The SMILES string of the molecule is O=C(CN1CCS(=O)(=O)CC1)N1CCN(Cc2ccc(-c3cccc(Cl)c3)s2)CC1. The molecule has 2 fully saturated rings. The maximum Gasteiger partial charge on any atom is 0.236 e. The molecule has 0 saturated carbocycles. The Morgan fingerprint density at radius 1 is 0.967 bits per heavy atom. The molecule has 2 aliphatic heterocycles. The van der Waals surface area contributed by atoms with Gasteiger partial charge in [0, 0.05) is 60.6 Å². The largest absolute Gasteiger partial charge is 0.339 e. The molecule has 0 atom stereocenters. The van der Waals surface area contributed by atoms with Gasteiger partial charge in [0.05, 0.1) is 18.1 Å². The zero-order valence-corrected chi connectivity index (χ0v) is 19.2. The van der Waals surface area contributed by atoms with E-state index < -0.39 is 9.84 Å². The van der Waals surface area contributed by atoms with Crippen LogP contribution in [0.1, 0.15) is 4.88 Å². The van der Waals surface area contributed by atoms with Gasteiger partial charge < -0.3 is 4.90 Å². The Labute approximate surface area is 187 Å². The van der Waals surface area contributed by atoms with Crippen molar-refractivity contribution >= 4 is 38.7 Å². The second-order valence-electron chi connectivity index (χ2n) is 7.86. The van der Waals surface area contributed by atoms with E-state index >= 15 is 0 Å². The van der Waals surface area contributed by atoms with Crippen molar-refractivity contribution in [3.8, 4) is 10.4 Å². The van der Waals surface area contributed by atoms with Crippen molar-refractivity contribution in [1.82, 2.24) is 14.7 Å². The summed E-state index contributed by atoms with van der Waals surface area (Å²) in [6.45, 7) is 5.27. The van der Waals surface area contributed by atoms with Crippen molar-refractivity contribution in [3.63, 3.8) is 0 Å². The standard InChI is InChI=1S/C21H26ClN3O3S2/c22-18-3-1-2-17(14-18)20-5-4-19(29-20)15-23-6-8-25(9-7-23)21(26)16-24-10-12-30(27,28)13-11-24/h1-5,14H,6-13,15-16H2. The Hall–Kier alpha value is -1.45. The number of benzene rings is 1. The number of amides is 1. The van der Waals surface area contributed by atoms with Gasteiger partial charge in [-0.2, -0.15) is 0 Å². The second-order valence-corrected chi connectivity index (χ2v) is 11.8. The molecule has 0 N–H and O–H groups in total. The third-order valence-electron chi connectivity index (χ3n) is 5.67. The van der Waals surface area contributed by atoms with Gasteiger partial charge in [0.15, 0.2) is 9.84 Å². The zero-order valence-electron chi connectivity index (χ0n) is 16.8. The molecule has 6 nitrogen and oxygen atoms in total. The van der Waals surface area contributed by atoms with Crippen molar-refractivity contribution in [3.05, 3.63) is 46.3 Å². The number of halogens is 1. The summed E-state index contributed by atoms with van der Waals surface area (Å²) in [5.41, 5.74) is 1.14. The zero-order chi connectivity index (χ0) is 21.1. The van der Waals surface area contributed by atoms with E-state index in [4.69, 9.17) is 11.6 Å². The lowest BCUT2D eigenvalue weighted by atomic mass is 10.2.